The first-order chi connectivity index (χ1) is 9.09. The molecule has 0 saturated heterocycles. The second-order valence-corrected chi connectivity index (χ2v) is 3.94. The molecule has 0 spiro atoms. The van der Waals surface area contributed by atoms with Crippen LogP contribution < -0.4 is 4.74 Å². The molecule has 0 aliphatic carbocycles. The van der Waals surface area contributed by atoms with Crippen LogP contribution in [-0.2, 0) is 0 Å². The fraction of sp³-hybridized carbons (Fsp3) is 0.0769. The topological polar surface area (TPSA) is 39.2 Å². The summed E-state index contributed by atoms with van der Waals surface area (Å²) in [5, 5.41) is -0.135. The third kappa shape index (κ3) is 3.06. The van der Waals surface area contributed by atoms with Gasteiger partial charge in [0.15, 0.2) is 5.78 Å². The Labute approximate surface area is 112 Å². The molecule has 0 aliphatic heterocycles. The monoisotopic (exact) mass is 283 g/mol. The minimum absolute atomic E-state index is 0.103. The number of hydrogen-bond donors (Lipinski definition) is 0. The average Bonchev–Trinajstić information content (AvgIpc) is 2.41. The number of rotatable bonds is 4. The Morgan fingerprint density at radius 3 is 2.53 bits per heavy atom. The van der Waals surface area contributed by atoms with Crippen LogP contribution in [-0.4, -0.2) is 17.4 Å². The zero-order valence-electron chi connectivity index (χ0n) is 9.52. The van der Waals surface area contributed by atoms with Crippen LogP contribution in [0.4, 0.5) is 8.78 Å². The van der Waals surface area contributed by atoms with Gasteiger partial charge in [-0.1, -0.05) is 17.7 Å². The number of halogens is 3. The maximum Gasteiger partial charge on any atom is 0.387 e. The molecule has 1 heterocycles. The molecule has 0 N–H and O–H groups in total. The first-order valence-electron chi connectivity index (χ1n) is 5.27. The van der Waals surface area contributed by atoms with Gasteiger partial charge in [-0.05, 0) is 24.3 Å². The van der Waals surface area contributed by atoms with Crippen LogP contribution >= 0.6 is 11.6 Å². The van der Waals surface area contributed by atoms with Gasteiger partial charge in [-0.15, -0.1) is 0 Å². The molecule has 0 fully saturated rings. The molecule has 3 nitrogen and oxygen atoms in total. The molecule has 0 bridgehead atoms. The lowest BCUT2D eigenvalue weighted by molar-refractivity contribution is -0.0498. The summed E-state index contributed by atoms with van der Waals surface area (Å²) in [6, 6.07) is 7.18. The number of alkyl halides is 2. The molecule has 0 aliphatic rings. The van der Waals surface area contributed by atoms with Crippen LogP contribution in [0.3, 0.4) is 0 Å². The summed E-state index contributed by atoms with van der Waals surface area (Å²) in [5.41, 5.74) is 0.470. The van der Waals surface area contributed by atoms with Gasteiger partial charge in [-0.25, -0.2) is 0 Å². The number of pyridine rings is 1. The van der Waals surface area contributed by atoms with Crippen molar-refractivity contribution in [2.45, 2.75) is 6.61 Å². The van der Waals surface area contributed by atoms with E-state index in [4.69, 9.17) is 11.6 Å². The van der Waals surface area contributed by atoms with Crippen molar-refractivity contribution in [2.75, 3.05) is 0 Å². The van der Waals surface area contributed by atoms with Gasteiger partial charge >= 0.3 is 6.61 Å². The molecule has 1 aromatic carbocycles. The summed E-state index contributed by atoms with van der Waals surface area (Å²) in [7, 11) is 0. The van der Waals surface area contributed by atoms with E-state index in [-0.39, 0.29) is 22.1 Å². The van der Waals surface area contributed by atoms with Gasteiger partial charge in [0.2, 0.25) is 0 Å². The van der Waals surface area contributed by atoms with E-state index in [1.807, 2.05) is 0 Å². The van der Waals surface area contributed by atoms with E-state index in [2.05, 4.69) is 9.72 Å². The summed E-state index contributed by atoms with van der Waals surface area (Å²) < 4.78 is 28.6. The van der Waals surface area contributed by atoms with E-state index >= 15 is 0 Å². The van der Waals surface area contributed by atoms with Crippen LogP contribution in [0.15, 0.2) is 42.7 Å². The largest absolute Gasteiger partial charge is 0.433 e. The second kappa shape index (κ2) is 5.75. The Hall–Kier alpha value is -2.01. The maximum atomic E-state index is 12.2. The standard InChI is InChI=1S/C13H8ClF2NO2/c14-11-9(2-1-3-10(11)19-13(15)16)12(18)8-4-6-17-7-5-8/h1-7,13H. The van der Waals surface area contributed by atoms with Crippen LogP contribution in [0.2, 0.25) is 5.02 Å². The first-order valence-corrected chi connectivity index (χ1v) is 5.65. The summed E-state index contributed by atoms with van der Waals surface area (Å²) in [5.74, 6) is -0.608. The first kappa shape index (κ1) is 13.4. The zero-order chi connectivity index (χ0) is 13.8. The molecule has 0 atom stereocenters. The van der Waals surface area contributed by atoms with E-state index in [1.165, 1.54) is 42.7 Å². The lowest BCUT2D eigenvalue weighted by Crippen LogP contribution is -2.06. The number of carbonyl (C=O) groups is 1. The van der Waals surface area contributed by atoms with Gasteiger partial charge in [0.25, 0.3) is 0 Å². The third-order valence-corrected chi connectivity index (χ3v) is 2.76. The highest BCUT2D eigenvalue weighted by molar-refractivity contribution is 6.36. The SMILES string of the molecule is O=C(c1ccncc1)c1cccc(OC(F)F)c1Cl. The van der Waals surface area contributed by atoms with Gasteiger partial charge in [0.05, 0.1) is 5.02 Å². The van der Waals surface area contributed by atoms with Gasteiger partial charge < -0.3 is 4.74 Å². The van der Waals surface area contributed by atoms with Crippen molar-refractivity contribution in [3.05, 3.63) is 58.9 Å². The predicted molar refractivity (Wildman–Crippen MR) is 65.8 cm³/mol. The lowest BCUT2D eigenvalue weighted by Gasteiger charge is -2.09. The summed E-state index contributed by atoms with van der Waals surface area (Å²) in [6.07, 6.45) is 2.92. The molecular weight excluding hydrogens is 276 g/mol. The highest BCUT2D eigenvalue weighted by Crippen LogP contribution is 2.30. The van der Waals surface area contributed by atoms with Gasteiger partial charge in [-0.2, -0.15) is 8.78 Å². The van der Waals surface area contributed by atoms with E-state index in [0.717, 1.165) is 0 Å². The molecule has 0 radical (unpaired) electrons. The minimum atomic E-state index is -3.00. The molecular formula is C13H8ClF2NO2. The van der Waals surface area contributed by atoms with E-state index in [0.29, 0.717) is 5.56 Å². The summed E-state index contributed by atoms with van der Waals surface area (Å²) in [6.45, 7) is -3.00. The molecule has 0 saturated carbocycles. The van der Waals surface area contributed by atoms with Gasteiger partial charge in [-0.3, -0.25) is 9.78 Å². The number of hydrogen-bond acceptors (Lipinski definition) is 3. The zero-order valence-corrected chi connectivity index (χ0v) is 10.3. The number of benzene rings is 1. The smallest absolute Gasteiger partial charge is 0.387 e. The number of ketones is 1. The van der Waals surface area contributed by atoms with E-state index < -0.39 is 6.61 Å². The molecule has 1 aromatic heterocycles. The molecule has 0 unspecified atom stereocenters. The Kier molecular flexibility index (Phi) is 4.06. The maximum absolute atomic E-state index is 12.2. The van der Waals surface area contributed by atoms with Crippen molar-refractivity contribution in [1.29, 1.82) is 0 Å². The van der Waals surface area contributed by atoms with Crippen LogP contribution in [0.1, 0.15) is 15.9 Å². The molecule has 98 valence electrons. The van der Waals surface area contributed by atoms with Crippen molar-refractivity contribution < 1.29 is 18.3 Å². The number of carbonyl (C=O) groups excluding carboxylic acids is 1. The minimum Gasteiger partial charge on any atom is -0.433 e. The highest BCUT2D eigenvalue weighted by Gasteiger charge is 2.17. The second-order valence-electron chi connectivity index (χ2n) is 3.56. The van der Waals surface area contributed by atoms with Crippen LogP contribution in [0, 0.1) is 0 Å². The molecule has 2 rings (SSSR count). The molecule has 19 heavy (non-hydrogen) atoms. The molecule has 2 aromatic rings. The average molecular weight is 284 g/mol. The number of ether oxygens (including phenoxy) is 1. The van der Waals surface area contributed by atoms with Crippen LogP contribution in [0.5, 0.6) is 5.75 Å². The van der Waals surface area contributed by atoms with Crippen LogP contribution in [0.25, 0.3) is 0 Å². The fourth-order valence-corrected chi connectivity index (χ4v) is 1.79. The van der Waals surface area contributed by atoms with E-state index in [1.54, 1.807) is 0 Å². The lowest BCUT2D eigenvalue weighted by atomic mass is 10.0. The highest BCUT2D eigenvalue weighted by atomic mass is 35.5. The van der Waals surface area contributed by atoms with Gasteiger partial charge in [0.1, 0.15) is 5.75 Å². The summed E-state index contributed by atoms with van der Waals surface area (Å²) >= 11 is 5.90. The number of nitrogens with zero attached hydrogens (tertiary/aromatic N) is 1. The molecule has 6 heteroatoms. The van der Waals surface area contributed by atoms with Crippen molar-refractivity contribution in [1.82, 2.24) is 4.98 Å². The fourth-order valence-electron chi connectivity index (χ4n) is 1.53. The Morgan fingerprint density at radius 1 is 1.21 bits per heavy atom. The number of aromatic nitrogens is 1. The summed E-state index contributed by atoms with van der Waals surface area (Å²) in [4.78, 5) is 15.9. The molecule has 0 amide bonds. The van der Waals surface area contributed by atoms with E-state index in [9.17, 15) is 13.6 Å². The van der Waals surface area contributed by atoms with Crippen molar-refractivity contribution in [3.63, 3.8) is 0 Å². The van der Waals surface area contributed by atoms with Crippen molar-refractivity contribution in [3.8, 4) is 5.75 Å². The van der Waals surface area contributed by atoms with Gasteiger partial charge in [0, 0.05) is 23.5 Å². The quantitative estimate of drug-likeness (QED) is 0.805. The predicted octanol–water partition coefficient (Wildman–Crippen LogP) is 3.57. The normalized spacial score (nSPS) is 10.5. The van der Waals surface area contributed by atoms with Crippen molar-refractivity contribution >= 4 is 17.4 Å². The van der Waals surface area contributed by atoms with Crippen molar-refractivity contribution in [2.24, 2.45) is 0 Å². The third-order valence-electron chi connectivity index (χ3n) is 2.37. The Bertz CT molecular complexity index is 590. The Morgan fingerprint density at radius 2 is 1.89 bits per heavy atom. The Balaban J connectivity index is 2.38.